The molecule has 1 spiro atoms. The van der Waals surface area contributed by atoms with Crippen molar-refractivity contribution in [2.75, 3.05) is 0 Å². The summed E-state index contributed by atoms with van der Waals surface area (Å²) in [6.45, 7) is 0. The van der Waals surface area contributed by atoms with Gasteiger partial charge in [-0.1, -0.05) is 18.9 Å². The van der Waals surface area contributed by atoms with E-state index < -0.39 is 0 Å². The van der Waals surface area contributed by atoms with Crippen molar-refractivity contribution in [2.24, 2.45) is 5.41 Å². The van der Waals surface area contributed by atoms with Gasteiger partial charge in [-0.2, -0.15) is 0 Å². The van der Waals surface area contributed by atoms with Gasteiger partial charge in [-0.05, 0) is 25.0 Å². The Balaban J connectivity index is 1.74. The van der Waals surface area contributed by atoms with Gasteiger partial charge >= 0.3 is 0 Å². The maximum Gasteiger partial charge on any atom is 0.126 e. The van der Waals surface area contributed by atoms with E-state index in [-0.39, 0.29) is 22.7 Å². The molecule has 2 unspecified atom stereocenters. The van der Waals surface area contributed by atoms with E-state index in [1.807, 2.05) is 6.07 Å². The quantitative estimate of drug-likeness (QED) is 0.721. The summed E-state index contributed by atoms with van der Waals surface area (Å²) in [6.07, 6.45) is 5.85. The number of benzene rings is 1. The molecular weight excluding hydrogens is 239 g/mol. The van der Waals surface area contributed by atoms with E-state index in [2.05, 4.69) is 0 Å². The van der Waals surface area contributed by atoms with Crippen molar-refractivity contribution in [2.45, 2.75) is 43.6 Å². The van der Waals surface area contributed by atoms with E-state index in [4.69, 9.17) is 16.3 Å². The summed E-state index contributed by atoms with van der Waals surface area (Å²) < 4.78 is 19.0. The van der Waals surface area contributed by atoms with Crippen molar-refractivity contribution in [1.82, 2.24) is 0 Å². The van der Waals surface area contributed by atoms with Crippen LogP contribution in [0.3, 0.4) is 0 Å². The molecule has 2 saturated carbocycles. The van der Waals surface area contributed by atoms with Gasteiger partial charge in [0.1, 0.15) is 17.7 Å². The van der Waals surface area contributed by atoms with Crippen LogP contribution in [0, 0.1) is 11.2 Å². The molecule has 0 bridgehead atoms. The Morgan fingerprint density at radius 2 is 2.06 bits per heavy atom. The number of hydrogen-bond acceptors (Lipinski definition) is 1. The minimum atomic E-state index is -0.246. The monoisotopic (exact) mass is 254 g/mol. The molecule has 2 aliphatic rings. The zero-order valence-corrected chi connectivity index (χ0v) is 10.4. The standard InChI is InChI=1S/C14H16ClFO/c15-12-9-13(14(12)6-1-2-7-14)17-11-5-3-4-10(16)8-11/h3-5,8,12-13H,1-2,6-7,9H2. The highest BCUT2D eigenvalue weighted by molar-refractivity contribution is 6.21. The van der Waals surface area contributed by atoms with Crippen LogP contribution in [0.4, 0.5) is 4.39 Å². The highest BCUT2D eigenvalue weighted by atomic mass is 35.5. The molecule has 17 heavy (non-hydrogen) atoms. The predicted molar refractivity (Wildman–Crippen MR) is 66.0 cm³/mol. The molecule has 1 aromatic carbocycles. The van der Waals surface area contributed by atoms with Gasteiger partial charge in [0.15, 0.2) is 0 Å². The largest absolute Gasteiger partial charge is 0.490 e. The molecule has 0 amide bonds. The van der Waals surface area contributed by atoms with E-state index in [1.165, 1.54) is 25.0 Å². The maximum absolute atomic E-state index is 13.1. The molecule has 2 fully saturated rings. The van der Waals surface area contributed by atoms with Crippen LogP contribution in [0.15, 0.2) is 24.3 Å². The first-order chi connectivity index (χ1) is 8.21. The number of halogens is 2. The zero-order valence-electron chi connectivity index (χ0n) is 9.66. The number of rotatable bonds is 2. The lowest BCUT2D eigenvalue weighted by atomic mass is 9.64. The van der Waals surface area contributed by atoms with Crippen molar-refractivity contribution < 1.29 is 9.13 Å². The summed E-state index contributed by atoms with van der Waals surface area (Å²) in [5, 5.41) is 0.239. The Labute approximate surface area is 106 Å². The van der Waals surface area contributed by atoms with Gasteiger partial charge in [0, 0.05) is 23.3 Å². The fourth-order valence-electron chi connectivity index (χ4n) is 3.24. The van der Waals surface area contributed by atoms with Crippen molar-refractivity contribution in [3.63, 3.8) is 0 Å². The van der Waals surface area contributed by atoms with E-state index in [0.717, 1.165) is 19.3 Å². The van der Waals surface area contributed by atoms with Gasteiger partial charge in [0.05, 0.1) is 0 Å². The fourth-order valence-corrected chi connectivity index (χ4v) is 3.76. The first kappa shape index (κ1) is 11.3. The maximum atomic E-state index is 13.1. The Morgan fingerprint density at radius 1 is 1.29 bits per heavy atom. The summed E-state index contributed by atoms with van der Waals surface area (Å²) in [5.41, 5.74) is 0.161. The highest BCUT2D eigenvalue weighted by Crippen LogP contribution is 2.57. The second kappa shape index (κ2) is 4.16. The molecule has 92 valence electrons. The molecular formula is C14H16ClFO. The molecule has 0 heterocycles. The summed E-state index contributed by atoms with van der Waals surface area (Å²) >= 11 is 6.35. The second-order valence-corrected chi connectivity index (χ2v) is 5.73. The third-order valence-electron chi connectivity index (χ3n) is 4.29. The van der Waals surface area contributed by atoms with Gasteiger partial charge in [-0.15, -0.1) is 11.6 Å². The van der Waals surface area contributed by atoms with Gasteiger partial charge < -0.3 is 4.74 Å². The van der Waals surface area contributed by atoms with Gasteiger partial charge in [-0.25, -0.2) is 4.39 Å². The highest BCUT2D eigenvalue weighted by Gasteiger charge is 2.56. The molecule has 3 heteroatoms. The normalized spacial score (nSPS) is 30.2. The lowest BCUT2D eigenvalue weighted by Gasteiger charge is -2.50. The second-order valence-electron chi connectivity index (χ2n) is 5.21. The smallest absolute Gasteiger partial charge is 0.126 e. The first-order valence-electron chi connectivity index (χ1n) is 6.27. The van der Waals surface area contributed by atoms with Crippen LogP contribution in [-0.4, -0.2) is 11.5 Å². The molecule has 1 nitrogen and oxygen atoms in total. The van der Waals surface area contributed by atoms with Crippen LogP contribution >= 0.6 is 11.6 Å². The number of alkyl halides is 1. The molecule has 0 aliphatic heterocycles. The number of hydrogen-bond donors (Lipinski definition) is 0. The average Bonchev–Trinajstić information content (AvgIpc) is 2.80. The zero-order chi connectivity index (χ0) is 11.9. The Kier molecular flexibility index (Phi) is 2.78. The van der Waals surface area contributed by atoms with Crippen molar-refractivity contribution >= 4 is 11.6 Å². The Morgan fingerprint density at radius 3 is 2.71 bits per heavy atom. The lowest BCUT2D eigenvalue weighted by molar-refractivity contribution is -0.0356. The van der Waals surface area contributed by atoms with E-state index in [0.29, 0.717) is 5.75 Å². The van der Waals surface area contributed by atoms with Gasteiger partial charge in [0.2, 0.25) is 0 Å². The molecule has 0 radical (unpaired) electrons. The van der Waals surface area contributed by atoms with Gasteiger partial charge in [-0.3, -0.25) is 0 Å². The van der Waals surface area contributed by atoms with Crippen LogP contribution < -0.4 is 4.74 Å². The molecule has 0 saturated heterocycles. The predicted octanol–water partition coefficient (Wildman–Crippen LogP) is 4.14. The summed E-state index contributed by atoms with van der Waals surface area (Å²) in [6, 6.07) is 6.38. The third kappa shape index (κ3) is 1.83. The minimum Gasteiger partial charge on any atom is -0.490 e. The molecule has 2 atom stereocenters. The summed E-state index contributed by atoms with van der Waals surface area (Å²) in [4.78, 5) is 0. The molecule has 0 N–H and O–H groups in total. The van der Waals surface area contributed by atoms with E-state index in [1.54, 1.807) is 6.07 Å². The Hall–Kier alpha value is -0.760. The first-order valence-corrected chi connectivity index (χ1v) is 6.71. The Bertz CT molecular complexity index is 414. The molecule has 2 aliphatic carbocycles. The van der Waals surface area contributed by atoms with Crippen LogP contribution in [0.5, 0.6) is 5.75 Å². The topological polar surface area (TPSA) is 9.23 Å². The summed E-state index contributed by atoms with van der Waals surface area (Å²) in [5.74, 6) is 0.384. The van der Waals surface area contributed by atoms with E-state index >= 15 is 0 Å². The van der Waals surface area contributed by atoms with Crippen LogP contribution in [0.2, 0.25) is 0 Å². The molecule has 3 rings (SSSR count). The van der Waals surface area contributed by atoms with Crippen LogP contribution in [0.1, 0.15) is 32.1 Å². The summed E-state index contributed by atoms with van der Waals surface area (Å²) in [7, 11) is 0. The number of ether oxygens (including phenoxy) is 1. The molecule has 0 aromatic heterocycles. The van der Waals surface area contributed by atoms with Gasteiger partial charge in [0.25, 0.3) is 0 Å². The average molecular weight is 255 g/mol. The van der Waals surface area contributed by atoms with Crippen LogP contribution in [0.25, 0.3) is 0 Å². The van der Waals surface area contributed by atoms with E-state index in [9.17, 15) is 4.39 Å². The third-order valence-corrected chi connectivity index (χ3v) is 4.91. The lowest BCUT2D eigenvalue weighted by Crippen LogP contribution is -2.55. The van der Waals surface area contributed by atoms with Crippen LogP contribution in [-0.2, 0) is 0 Å². The van der Waals surface area contributed by atoms with Crippen molar-refractivity contribution in [1.29, 1.82) is 0 Å². The fraction of sp³-hybridized carbons (Fsp3) is 0.571. The minimum absolute atomic E-state index is 0.161. The SMILES string of the molecule is Fc1cccc(OC2CC(Cl)C23CCCC3)c1. The van der Waals surface area contributed by atoms with Crippen molar-refractivity contribution in [3.8, 4) is 5.75 Å². The molecule has 1 aromatic rings. The van der Waals surface area contributed by atoms with Crippen molar-refractivity contribution in [3.05, 3.63) is 30.1 Å².